The third kappa shape index (κ3) is 2.16. The van der Waals surface area contributed by atoms with Crippen molar-refractivity contribution in [2.75, 3.05) is 18.8 Å². The van der Waals surface area contributed by atoms with Crippen LogP contribution < -0.4 is 11.5 Å². The van der Waals surface area contributed by atoms with Gasteiger partial charge in [-0.05, 0) is 18.6 Å². The van der Waals surface area contributed by atoms with E-state index in [0.29, 0.717) is 6.42 Å². The van der Waals surface area contributed by atoms with Crippen LogP contribution in [0.2, 0.25) is 0 Å². The van der Waals surface area contributed by atoms with Crippen molar-refractivity contribution in [2.45, 2.75) is 11.3 Å². The van der Waals surface area contributed by atoms with Crippen LogP contribution in [0.15, 0.2) is 23.2 Å². The van der Waals surface area contributed by atoms with Gasteiger partial charge in [0.05, 0.1) is 5.92 Å². The standard InChI is InChI=1S/C10H14N4O3S/c11-9-8(2-1-4-13-9)18(16,17)14-5-3-7(6-14)10(12)15/h1-2,4,7H,3,5-6H2,(H2,11,13)(H2,12,15). The number of carbonyl (C=O) groups is 1. The van der Waals surface area contributed by atoms with Gasteiger partial charge in [-0.1, -0.05) is 0 Å². The van der Waals surface area contributed by atoms with Crippen LogP contribution in [-0.2, 0) is 14.8 Å². The van der Waals surface area contributed by atoms with Crippen LogP contribution in [0.4, 0.5) is 5.82 Å². The van der Waals surface area contributed by atoms with Crippen molar-refractivity contribution < 1.29 is 13.2 Å². The van der Waals surface area contributed by atoms with Gasteiger partial charge in [-0.15, -0.1) is 0 Å². The zero-order chi connectivity index (χ0) is 13.3. The lowest BCUT2D eigenvalue weighted by molar-refractivity contribution is -0.121. The van der Waals surface area contributed by atoms with Crippen LogP contribution in [0.3, 0.4) is 0 Å². The summed E-state index contributed by atoms with van der Waals surface area (Å²) in [7, 11) is -3.70. The molecule has 1 unspecified atom stereocenters. The molecule has 18 heavy (non-hydrogen) atoms. The Balaban J connectivity index is 2.29. The SMILES string of the molecule is NC(=O)C1CCN(S(=O)(=O)c2cccnc2N)C1. The van der Waals surface area contributed by atoms with Crippen LogP contribution in [0.1, 0.15) is 6.42 Å². The van der Waals surface area contributed by atoms with E-state index in [9.17, 15) is 13.2 Å². The molecule has 98 valence electrons. The Bertz CT molecular complexity index is 572. The van der Waals surface area contributed by atoms with Gasteiger partial charge in [0.1, 0.15) is 10.7 Å². The van der Waals surface area contributed by atoms with E-state index in [0.717, 1.165) is 0 Å². The first-order chi connectivity index (χ1) is 8.43. The monoisotopic (exact) mass is 270 g/mol. The average molecular weight is 270 g/mol. The molecule has 4 N–H and O–H groups in total. The van der Waals surface area contributed by atoms with Crippen LogP contribution >= 0.6 is 0 Å². The largest absolute Gasteiger partial charge is 0.383 e. The number of hydrogen-bond donors (Lipinski definition) is 2. The van der Waals surface area contributed by atoms with Crippen molar-refractivity contribution in [3.63, 3.8) is 0 Å². The zero-order valence-electron chi connectivity index (χ0n) is 9.61. The normalized spacial score (nSPS) is 21.0. The molecule has 1 atom stereocenters. The Morgan fingerprint density at radius 1 is 1.50 bits per heavy atom. The molecule has 0 aliphatic carbocycles. The van der Waals surface area contributed by atoms with E-state index >= 15 is 0 Å². The highest BCUT2D eigenvalue weighted by Gasteiger charge is 2.35. The molecule has 1 aliphatic rings. The molecule has 0 aromatic carbocycles. The van der Waals surface area contributed by atoms with E-state index in [1.54, 1.807) is 0 Å². The van der Waals surface area contributed by atoms with Gasteiger partial charge >= 0.3 is 0 Å². The number of aromatic nitrogens is 1. The summed E-state index contributed by atoms with van der Waals surface area (Å²) in [5, 5.41) is 0. The van der Waals surface area contributed by atoms with E-state index in [1.165, 1.54) is 22.6 Å². The van der Waals surface area contributed by atoms with E-state index in [-0.39, 0.29) is 23.8 Å². The van der Waals surface area contributed by atoms with Crippen molar-refractivity contribution in [3.05, 3.63) is 18.3 Å². The molecule has 0 saturated carbocycles. The third-order valence-electron chi connectivity index (χ3n) is 2.97. The Labute approximate surface area is 105 Å². The number of nitrogen functional groups attached to an aromatic ring is 1. The lowest BCUT2D eigenvalue weighted by Gasteiger charge is -2.16. The first kappa shape index (κ1) is 12.8. The van der Waals surface area contributed by atoms with Crippen LogP contribution in [-0.4, -0.2) is 36.7 Å². The lowest BCUT2D eigenvalue weighted by atomic mass is 10.1. The second-order valence-corrected chi connectivity index (χ2v) is 6.04. The topological polar surface area (TPSA) is 119 Å². The molecule has 1 aliphatic heterocycles. The lowest BCUT2D eigenvalue weighted by Crippen LogP contribution is -2.32. The third-order valence-corrected chi connectivity index (χ3v) is 4.88. The number of nitrogens with zero attached hydrogens (tertiary/aromatic N) is 2. The minimum absolute atomic E-state index is 0.0323. The summed E-state index contributed by atoms with van der Waals surface area (Å²) < 4.78 is 25.8. The number of amides is 1. The predicted molar refractivity (Wildman–Crippen MR) is 64.7 cm³/mol. The fourth-order valence-electron chi connectivity index (χ4n) is 1.94. The van der Waals surface area contributed by atoms with Crippen LogP contribution in [0, 0.1) is 5.92 Å². The molecule has 0 radical (unpaired) electrons. The molecule has 1 aromatic rings. The van der Waals surface area contributed by atoms with Crippen molar-refractivity contribution in [3.8, 4) is 0 Å². The summed E-state index contributed by atoms with van der Waals surface area (Å²) in [6, 6.07) is 2.90. The maximum Gasteiger partial charge on any atom is 0.246 e. The van der Waals surface area contributed by atoms with Gasteiger partial charge in [0.2, 0.25) is 15.9 Å². The van der Waals surface area contributed by atoms with Crippen LogP contribution in [0.5, 0.6) is 0 Å². The minimum atomic E-state index is -3.70. The smallest absolute Gasteiger partial charge is 0.246 e. The molecule has 2 heterocycles. The summed E-state index contributed by atoms with van der Waals surface area (Å²) >= 11 is 0. The summed E-state index contributed by atoms with van der Waals surface area (Å²) in [5.41, 5.74) is 10.7. The first-order valence-electron chi connectivity index (χ1n) is 5.43. The summed E-state index contributed by atoms with van der Waals surface area (Å²) in [5.74, 6) is -0.954. The second kappa shape index (κ2) is 4.54. The van der Waals surface area contributed by atoms with Gasteiger partial charge < -0.3 is 11.5 Å². The van der Waals surface area contributed by atoms with Gasteiger partial charge in [0, 0.05) is 19.3 Å². The van der Waals surface area contributed by atoms with Gasteiger partial charge in [0.25, 0.3) is 0 Å². The second-order valence-electron chi connectivity index (χ2n) is 4.14. The maximum absolute atomic E-state index is 12.3. The molecule has 0 bridgehead atoms. The zero-order valence-corrected chi connectivity index (χ0v) is 10.4. The summed E-state index contributed by atoms with van der Waals surface area (Å²) in [6.45, 7) is 0.371. The van der Waals surface area contributed by atoms with Crippen LogP contribution in [0.25, 0.3) is 0 Å². The molecular weight excluding hydrogens is 256 g/mol. The van der Waals surface area contributed by atoms with Gasteiger partial charge in [-0.3, -0.25) is 4.79 Å². The fourth-order valence-corrected chi connectivity index (χ4v) is 3.51. The summed E-state index contributed by atoms with van der Waals surface area (Å²) in [4.78, 5) is 14.8. The van der Waals surface area contributed by atoms with Crippen molar-refractivity contribution >= 4 is 21.7 Å². The van der Waals surface area contributed by atoms with E-state index < -0.39 is 21.8 Å². The number of hydrogen-bond acceptors (Lipinski definition) is 5. The van der Waals surface area contributed by atoms with E-state index in [4.69, 9.17) is 11.5 Å². The number of carbonyl (C=O) groups excluding carboxylic acids is 1. The number of pyridine rings is 1. The number of nitrogens with two attached hydrogens (primary N) is 2. The first-order valence-corrected chi connectivity index (χ1v) is 6.87. The molecule has 8 heteroatoms. The van der Waals surface area contributed by atoms with E-state index in [1.807, 2.05) is 0 Å². The Morgan fingerprint density at radius 2 is 2.22 bits per heavy atom. The predicted octanol–water partition coefficient (Wildman–Crippen LogP) is -0.840. The highest BCUT2D eigenvalue weighted by atomic mass is 32.2. The summed E-state index contributed by atoms with van der Waals surface area (Å²) in [6.07, 6.45) is 1.86. The molecule has 1 amide bonds. The quantitative estimate of drug-likeness (QED) is 0.742. The van der Waals surface area contributed by atoms with Crippen molar-refractivity contribution in [1.29, 1.82) is 0 Å². The molecule has 1 aromatic heterocycles. The van der Waals surface area contributed by atoms with Gasteiger partial charge in [-0.2, -0.15) is 4.31 Å². The average Bonchev–Trinajstić information content (AvgIpc) is 2.79. The molecular formula is C10H14N4O3S. The fraction of sp³-hybridized carbons (Fsp3) is 0.400. The Morgan fingerprint density at radius 3 is 2.78 bits per heavy atom. The van der Waals surface area contributed by atoms with E-state index in [2.05, 4.69) is 4.98 Å². The highest BCUT2D eigenvalue weighted by Crippen LogP contribution is 2.26. The molecule has 0 spiro atoms. The highest BCUT2D eigenvalue weighted by molar-refractivity contribution is 7.89. The van der Waals surface area contributed by atoms with Gasteiger partial charge in [-0.25, -0.2) is 13.4 Å². The number of primary amides is 1. The number of anilines is 1. The minimum Gasteiger partial charge on any atom is -0.383 e. The van der Waals surface area contributed by atoms with Gasteiger partial charge in [0.15, 0.2) is 0 Å². The molecule has 1 saturated heterocycles. The molecule has 1 fully saturated rings. The maximum atomic E-state index is 12.3. The number of rotatable bonds is 3. The number of sulfonamides is 1. The Kier molecular flexibility index (Phi) is 3.22. The van der Waals surface area contributed by atoms with Crippen molar-refractivity contribution in [1.82, 2.24) is 9.29 Å². The molecule has 2 rings (SSSR count). The van der Waals surface area contributed by atoms with Crippen molar-refractivity contribution in [2.24, 2.45) is 11.7 Å². The molecule has 7 nitrogen and oxygen atoms in total. The Hall–Kier alpha value is -1.67.